The molecule has 0 aliphatic carbocycles. The standard InChI is InChI=1S/C16H24N2O4S/c1-16(2,18-8-10-22-11-9-18)12-17-15(19)13-6-4-5-7-14(13)23(3,20)21/h4-7H,8-12H2,1-3H3,(H,17,19). The van der Waals surface area contributed by atoms with Gasteiger partial charge in [0.25, 0.3) is 5.91 Å². The van der Waals surface area contributed by atoms with E-state index in [2.05, 4.69) is 24.1 Å². The van der Waals surface area contributed by atoms with Gasteiger partial charge in [-0.05, 0) is 26.0 Å². The fraction of sp³-hybridized carbons (Fsp3) is 0.562. The number of carbonyl (C=O) groups excluding carboxylic acids is 1. The Labute approximate surface area is 137 Å². The number of morpholine rings is 1. The number of carbonyl (C=O) groups is 1. The Hall–Kier alpha value is -1.44. The number of hydrogen-bond donors (Lipinski definition) is 1. The number of rotatable bonds is 5. The Kier molecular flexibility index (Phi) is 5.44. The van der Waals surface area contributed by atoms with Crippen LogP contribution in [-0.2, 0) is 14.6 Å². The van der Waals surface area contributed by atoms with Gasteiger partial charge in [-0.3, -0.25) is 9.69 Å². The lowest BCUT2D eigenvalue weighted by atomic mass is 10.0. The number of sulfone groups is 1. The van der Waals surface area contributed by atoms with E-state index in [1.165, 1.54) is 12.1 Å². The molecule has 7 heteroatoms. The van der Waals surface area contributed by atoms with Crippen LogP contribution in [-0.4, -0.2) is 63.9 Å². The lowest BCUT2D eigenvalue weighted by molar-refractivity contribution is -0.00924. The van der Waals surface area contributed by atoms with Gasteiger partial charge < -0.3 is 10.1 Å². The summed E-state index contributed by atoms with van der Waals surface area (Å²) in [4.78, 5) is 14.7. The summed E-state index contributed by atoms with van der Waals surface area (Å²) in [6.07, 6.45) is 1.11. The summed E-state index contributed by atoms with van der Waals surface area (Å²) in [7, 11) is -3.44. The fourth-order valence-electron chi connectivity index (χ4n) is 2.65. The minimum Gasteiger partial charge on any atom is -0.379 e. The maximum atomic E-state index is 12.4. The average molecular weight is 340 g/mol. The van der Waals surface area contributed by atoms with E-state index in [-0.39, 0.29) is 21.9 Å². The second-order valence-corrected chi connectivity index (χ2v) is 8.35. The van der Waals surface area contributed by atoms with Crippen molar-refractivity contribution in [1.82, 2.24) is 10.2 Å². The first kappa shape index (κ1) is 17.9. The van der Waals surface area contributed by atoms with Crippen LogP contribution >= 0.6 is 0 Å². The zero-order valence-corrected chi connectivity index (χ0v) is 14.6. The Morgan fingerprint density at radius 3 is 2.48 bits per heavy atom. The second kappa shape index (κ2) is 6.98. The maximum Gasteiger partial charge on any atom is 0.252 e. The molecule has 128 valence electrons. The molecule has 0 radical (unpaired) electrons. The Balaban J connectivity index is 2.08. The van der Waals surface area contributed by atoms with Crippen molar-refractivity contribution in [3.63, 3.8) is 0 Å². The van der Waals surface area contributed by atoms with Gasteiger partial charge in [0.1, 0.15) is 0 Å². The van der Waals surface area contributed by atoms with Crippen LogP contribution in [0.15, 0.2) is 29.2 Å². The molecule has 1 fully saturated rings. The van der Waals surface area contributed by atoms with Crippen molar-refractivity contribution < 1.29 is 17.9 Å². The van der Waals surface area contributed by atoms with Gasteiger partial charge in [-0.15, -0.1) is 0 Å². The summed E-state index contributed by atoms with van der Waals surface area (Å²) in [5, 5.41) is 2.86. The van der Waals surface area contributed by atoms with Crippen molar-refractivity contribution in [3.05, 3.63) is 29.8 Å². The third-order valence-corrected chi connectivity index (χ3v) is 5.23. The number of hydrogen-bond acceptors (Lipinski definition) is 5. The highest BCUT2D eigenvalue weighted by molar-refractivity contribution is 7.90. The topological polar surface area (TPSA) is 75.7 Å². The van der Waals surface area contributed by atoms with Crippen LogP contribution in [0.2, 0.25) is 0 Å². The predicted octanol–water partition coefficient (Wildman–Crippen LogP) is 0.931. The van der Waals surface area contributed by atoms with Crippen LogP contribution in [0, 0.1) is 0 Å². The molecule has 0 spiro atoms. The van der Waals surface area contributed by atoms with Crippen LogP contribution in [0.4, 0.5) is 0 Å². The van der Waals surface area contributed by atoms with Crippen LogP contribution < -0.4 is 5.32 Å². The van der Waals surface area contributed by atoms with Gasteiger partial charge in [0.2, 0.25) is 0 Å². The SMILES string of the molecule is CC(C)(CNC(=O)c1ccccc1S(C)(=O)=O)N1CCOCC1. The smallest absolute Gasteiger partial charge is 0.252 e. The molecule has 0 aromatic heterocycles. The van der Waals surface area contributed by atoms with Crippen molar-refractivity contribution in [3.8, 4) is 0 Å². The zero-order valence-electron chi connectivity index (χ0n) is 13.8. The number of nitrogens with one attached hydrogen (secondary N) is 1. The summed E-state index contributed by atoms with van der Waals surface area (Å²) < 4.78 is 29.0. The molecule has 23 heavy (non-hydrogen) atoms. The van der Waals surface area contributed by atoms with Crippen LogP contribution in [0.25, 0.3) is 0 Å². The van der Waals surface area contributed by atoms with Gasteiger partial charge in [-0.1, -0.05) is 12.1 Å². The third kappa shape index (κ3) is 4.53. The molecule has 1 aromatic carbocycles. The molecule has 6 nitrogen and oxygen atoms in total. The lowest BCUT2D eigenvalue weighted by Crippen LogP contribution is -2.55. The minimum absolute atomic E-state index is 0.0571. The predicted molar refractivity (Wildman–Crippen MR) is 88.4 cm³/mol. The second-order valence-electron chi connectivity index (χ2n) is 6.36. The van der Waals surface area contributed by atoms with Crippen molar-refractivity contribution in [2.24, 2.45) is 0 Å². The Bertz CT molecular complexity index is 664. The monoisotopic (exact) mass is 340 g/mol. The summed E-state index contributed by atoms with van der Waals surface area (Å²) >= 11 is 0. The number of nitrogens with zero attached hydrogens (tertiary/aromatic N) is 1. The van der Waals surface area contributed by atoms with Crippen molar-refractivity contribution in [2.45, 2.75) is 24.3 Å². The van der Waals surface area contributed by atoms with E-state index < -0.39 is 9.84 Å². The van der Waals surface area contributed by atoms with Gasteiger partial charge in [-0.2, -0.15) is 0 Å². The van der Waals surface area contributed by atoms with Gasteiger partial charge in [0.05, 0.1) is 23.7 Å². The van der Waals surface area contributed by atoms with Gasteiger partial charge in [0.15, 0.2) is 9.84 Å². The summed E-state index contributed by atoms with van der Waals surface area (Å²) in [5.74, 6) is -0.368. The summed E-state index contributed by atoms with van der Waals surface area (Å²) in [6, 6.07) is 6.27. The number of amides is 1. The van der Waals surface area contributed by atoms with Crippen molar-refractivity contribution in [1.29, 1.82) is 0 Å². The first-order valence-corrected chi connectivity index (χ1v) is 9.51. The van der Waals surface area contributed by atoms with Crippen LogP contribution in [0.1, 0.15) is 24.2 Å². The molecule has 1 heterocycles. The van der Waals surface area contributed by atoms with E-state index in [1.54, 1.807) is 12.1 Å². The largest absolute Gasteiger partial charge is 0.379 e. The molecule has 1 aromatic rings. The van der Waals surface area contributed by atoms with Gasteiger partial charge >= 0.3 is 0 Å². The van der Waals surface area contributed by atoms with E-state index >= 15 is 0 Å². The minimum atomic E-state index is -3.44. The van der Waals surface area contributed by atoms with Crippen molar-refractivity contribution in [2.75, 3.05) is 39.1 Å². The molecule has 1 aliphatic heterocycles. The zero-order chi connectivity index (χ0) is 17.1. The maximum absolute atomic E-state index is 12.4. The molecular weight excluding hydrogens is 316 g/mol. The molecule has 0 saturated carbocycles. The molecule has 1 saturated heterocycles. The fourth-order valence-corrected chi connectivity index (χ4v) is 3.54. The van der Waals surface area contributed by atoms with E-state index in [1.807, 2.05) is 0 Å². The molecule has 1 amide bonds. The highest BCUT2D eigenvalue weighted by atomic mass is 32.2. The molecule has 0 atom stereocenters. The van der Waals surface area contributed by atoms with Gasteiger partial charge in [-0.25, -0.2) is 8.42 Å². The summed E-state index contributed by atoms with van der Waals surface area (Å²) in [6.45, 7) is 7.57. The molecule has 2 rings (SSSR count). The first-order chi connectivity index (χ1) is 10.7. The molecule has 0 bridgehead atoms. The molecule has 0 unspecified atom stereocenters. The normalized spacial score (nSPS) is 17.0. The van der Waals surface area contributed by atoms with Crippen LogP contribution in [0.5, 0.6) is 0 Å². The summed E-state index contributed by atoms with van der Waals surface area (Å²) in [5.41, 5.74) is -0.0350. The van der Waals surface area contributed by atoms with Gasteiger partial charge in [0, 0.05) is 31.4 Å². The quantitative estimate of drug-likeness (QED) is 0.863. The first-order valence-electron chi connectivity index (χ1n) is 7.62. The highest BCUT2D eigenvalue weighted by Gasteiger charge is 2.29. The van der Waals surface area contributed by atoms with Crippen LogP contribution in [0.3, 0.4) is 0 Å². The van der Waals surface area contributed by atoms with Crippen molar-refractivity contribution >= 4 is 15.7 Å². The number of ether oxygens (including phenoxy) is 1. The molecular formula is C16H24N2O4S. The average Bonchev–Trinajstić information content (AvgIpc) is 2.53. The van der Waals surface area contributed by atoms with E-state index in [0.29, 0.717) is 19.8 Å². The molecule has 1 aliphatic rings. The van der Waals surface area contributed by atoms with E-state index in [9.17, 15) is 13.2 Å². The van der Waals surface area contributed by atoms with E-state index in [4.69, 9.17) is 4.74 Å². The van der Waals surface area contributed by atoms with E-state index in [0.717, 1.165) is 19.3 Å². The third-order valence-electron chi connectivity index (χ3n) is 4.08. The Morgan fingerprint density at radius 2 is 1.87 bits per heavy atom. The molecule has 1 N–H and O–H groups in total. The number of benzene rings is 1. The lowest BCUT2D eigenvalue weighted by Gasteiger charge is -2.40. The Morgan fingerprint density at radius 1 is 1.26 bits per heavy atom. The highest BCUT2D eigenvalue weighted by Crippen LogP contribution is 2.17.